The van der Waals surface area contributed by atoms with Gasteiger partial charge in [0.25, 0.3) is 5.91 Å². The summed E-state index contributed by atoms with van der Waals surface area (Å²) in [7, 11) is 0. The zero-order chi connectivity index (χ0) is 17.6. The Kier molecular flexibility index (Phi) is 5.18. The van der Waals surface area contributed by atoms with Crippen LogP contribution in [0.2, 0.25) is 0 Å². The van der Waals surface area contributed by atoms with Crippen molar-refractivity contribution in [3.8, 4) is 17.2 Å². The van der Waals surface area contributed by atoms with Crippen molar-refractivity contribution in [1.82, 2.24) is 5.43 Å². The maximum absolute atomic E-state index is 12.2. The van der Waals surface area contributed by atoms with E-state index in [1.807, 2.05) is 50.2 Å². The van der Waals surface area contributed by atoms with Crippen molar-refractivity contribution in [2.45, 2.75) is 20.0 Å². The van der Waals surface area contributed by atoms with Gasteiger partial charge in [-0.1, -0.05) is 12.1 Å². The molecule has 0 radical (unpaired) electrons. The molecule has 1 N–H and O–H groups in total. The Labute approximate surface area is 146 Å². The van der Waals surface area contributed by atoms with Gasteiger partial charge in [-0.3, -0.25) is 4.79 Å². The molecule has 0 aromatic heterocycles. The minimum absolute atomic E-state index is 0.153. The van der Waals surface area contributed by atoms with Crippen LogP contribution in [-0.2, 0) is 4.79 Å². The number of hydrogen-bond acceptors (Lipinski definition) is 5. The number of para-hydroxylation sites is 2. The molecule has 1 amide bonds. The van der Waals surface area contributed by atoms with E-state index in [-0.39, 0.29) is 12.5 Å². The van der Waals surface area contributed by atoms with Gasteiger partial charge in [0.1, 0.15) is 12.4 Å². The third kappa shape index (κ3) is 4.09. The molecule has 1 aliphatic rings. The number of hydrogen-bond donors (Lipinski definition) is 1. The number of carbonyl (C=O) groups excluding carboxylic acids is 1. The maximum atomic E-state index is 12.2. The molecule has 0 saturated heterocycles. The topological polar surface area (TPSA) is 69.2 Å². The van der Waals surface area contributed by atoms with Crippen LogP contribution in [0.3, 0.4) is 0 Å². The molecule has 0 aliphatic carbocycles. The monoisotopic (exact) mass is 340 g/mol. The third-order valence-electron chi connectivity index (χ3n) is 3.72. The molecular weight excluding hydrogens is 320 g/mol. The summed E-state index contributed by atoms with van der Waals surface area (Å²) in [4.78, 5) is 12.2. The zero-order valence-electron chi connectivity index (χ0n) is 14.2. The van der Waals surface area contributed by atoms with E-state index < -0.39 is 6.10 Å². The standard InChI is InChI=1S/C19H20N2O4/c1-3-23-15-10-8-14(9-11-15)13(2)20-21-19(22)18-12-24-16-6-4-5-7-17(16)25-18/h4-11,18H,3,12H2,1-2H3,(H,21,22)/b20-13-/t18-/m1/s1. The van der Waals surface area contributed by atoms with Crippen LogP contribution >= 0.6 is 0 Å². The highest BCUT2D eigenvalue weighted by Crippen LogP contribution is 2.30. The second kappa shape index (κ2) is 7.70. The van der Waals surface area contributed by atoms with Crippen LogP contribution in [0.15, 0.2) is 53.6 Å². The Morgan fingerprint density at radius 3 is 2.64 bits per heavy atom. The lowest BCUT2D eigenvalue weighted by Gasteiger charge is -2.24. The number of nitrogens with one attached hydrogen (secondary N) is 1. The van der Waals surface area contributed by atoms with Crippen LogP contribution in [0.1, 0.15) is 19.4 Å². The van der Waals surface area contributed by atoms with E-state index in [2.05, 4.69) is 10.5 Å². The van der Waals surface area contributed by atoms with Crippen molar-refractivity contribution >= 4 is 11.6 Å². The minimum atomic E-state index is -0.730. The van der Waals surface area contributed by atoms with Gasteiger partial charge in [0.05, 0.1) is 12.3 Å². The van der Waals surface area contributed by atoms with E-state index in [1.165, 1.54) is 0 Å². The third-order valence-corrected chi connectivity index (χ3v) is 3.72. The zero-order valence-corrected chi connectivity index (χ0v) is 14.2. The molecule has 2 aromatic carbocycles. The molecule has 0 saturated carbocycles. The van der Waals surface area contributed by atoms with E-state index in [1.54, 1.807) is 12.1 Å². The van der Waals surface area contributed by atoms with Gasteiger partial charge in [-0.25, -0.2) is 5.43 Å². The summed E-state index contributed by atoms with van der Waals surface area (Å²) in [5.41, 5.74) is 4.12. The molecule has 1 atom stereocenters. The molecule has 3 rings (SSSR count). The second-order valence-electron chi connectivity index (χ2n) is 5.49. The molecule has 0 bridgehead atoms. The van der Waals surface area contributed by atoms with E-state index >= 15 is 0 Å². The van der Waals surface area contributed by atoms with Crippen LogP contribution in [0, 0.1) is 0 Å². The van der Waals surface area contributed by atoms with Crippen molar-refractivity contribution in [3.05, 3.63) is 54.1 Å². The molecule has 2 aromatic rings. The van der Waals surface area contributed by atoms with Crippen LogP contribution in [-0.4, -0.2) is 30.9 Å². The van der Waals surface area contributed by atoms with E-state index in [0.29, 0.717) is 23.8 Å². The lowest BCUT2D eigenvalue weighted by molar-refractivity contribution is -0.130. The number of rotatable bonds is 5. The summed E-state index contributed by atoms with van der Waals surface area (Å²) in [5, 5.41) is 4.14. The number of fused-ring (bicyclic) bond motifs is 1. The largest absolute Gasteiger partial charge is 0.494 e. The summed E-state index contributed by atoms with van der Waals surface area (Å²) >= 11 is 0. The molecule has 1 heterocycles. The average Bonchev–Trinajstić information content (AvgIpc) is 2.66. The summed E-state index contributed by atoms with van der Waals surface area (Å²) < 4.78 is 16.6. The number of benzene rings is 2. The Hall–Kier alpha value is -3.02. The summed E-state index contributed by atoms with van der Waals surface area (Å²) in [6.45, 7) is 4.53. The molecular formula is C19H20N2O4. The smallest absolute Gasteiger partial charge is 0.284 e. The molecule has 0 fully saturated rings. The molecule has 25 heavy (non-hydrogen) atoms. The first-order chi connectivity index (χ1) is 12.2. The number of nitrogens with zero attached hydrogens (tertiary/aromatic N) is 1. The molecule has 6 nitrogen and oxygen atoms in total. The molecule has 1 aliphatic heterocycles. The van der Waals surface area contributed by atoms with Gasteiger partial charge in [0, 0.05) is 0 Å². The minimum Gasteiger partial charge on any atom is -0.494 e. The molecule has 0 unspecified atom stereocenters. The lowest BCUT2D eigenvalue weighted by atomic mass is 10.1. The first-order valence-corrected chi connectivity index (χ1v) is 8.13. The molecule has 0 spiro atoms. The molecule has 6 heteroatoms. The summed E-state index contributed by atoms with van der Waals surface area (Å²) in [6, 6.07) is 14.8. The predicted octanol–water partition coefficient (Wildman–Crippen LogP) is 2.77. The Morgan fingerprint density at radius 1 is 1.20 bits per heavy atom. The van der Waals surface area contributed by atoms with E-state index in [9.17, 15) is 4.79 Å². The normalized spacial score (nSPS) is 16.2. The van der Waals surface area contributed by atoms with Crippen LogP contribution in [0.25, 0.3) is 0 Å². The number of carbonyl (C=O) groups is 1. The highest BCUT2D eigenvalue weighted by atomic mass is 16.6. The summed E-state index contributed by atoms with van der Waals surface area (Å²) in [5.74, 6) is 1.65. The fourth-order valence-electron chi connectivity index (χ4n) is 2.38. The highest BCUT2D eigenvalue weighted by Gasteiger charge is 2.27. The summed E-state index contributed by atoms with van der Waals surface area (Å²) in [6.07, 6.45) is -0.730. The predicted molar refractivity (Wildman–Crippen MR) is 94.3 cm³/mol. The van der Waals surface area contributed by atoms with Crippen molar-refractivity contribution in [3.63, 3.8) is 0 Å². The van der Waals surface area contributed by atoms with Crippen molar-refractivity contribution in [1.29, 1.82) is 0 Å². The average molecular weight is 340 g/mol. The maximum Gasteiger partial charge on any atom is 0.284 e. The first kappa shape index (κ1) is 16.8. The van der Waals surface area contributed by atoms with E-state index in [4.69, 9.17) is 14.2 Å². The highest BCUT2D eigenvalue weighted by molar-refractivity contribution is 5.99. The van der Waals surface area contributed by atoms with Gasteiger partial charge in [-0.05, 0) is 55.8 Å². The fraction of sp³-hybridized carbons (Fsp3) is 0.263. The number of amides is 1. The Balaban J connectivity index is 1.60. The van der Waals surface area contributed by atoms with Gasteiger partial charge in [0.2, 0.25) is 6.10 Å². The lowest BCUT2D eigenvalue weighted by Crippen LogP contribution is -2.42. The van der Waals surface area contributed by atoms with Gasteiger partial charge < -0.3 is 14.2 Å². The number of ether oxygens (including phenoxy) is 3. The first-order valence-electron chi connectivity index (χ1n) is 8.13. The van der Waals surface area contributed by atoms with Crippen molar-refractivity contribution < 1.29 is 19.0 Å². The van der Waals surface area contributed by atoms with Crippen LogP contribution in [0.4, 0.5) is 0 Å². The fourth-order valence-corrected chi connectivity index (χ4v) is 2.38. The second-order valence-corrected chi connectivity index (χ2v) is 5.49. The van der Waals surface area contributed by atoms with E-state index in [0.717, 1.165) is 11.3 Å². The van der Waals surface area contributed by atoms with Crippen LogP contribution < -0.4 is 19.6 Å². The van der Waals surface area contributed by atoms with Crippen molar-refractivity contribution in [2.75, 3.05) is 13.2 Å². The van der Waals surface area contributed by atoms with Gasteiger partial charge in [0.15, 0.2) is 11.5 Å². The van der Waals surface area contributed by atoms with Gasteiger partial charge in [-0.15, -0.1) is 0 Å². The van der Waals surface area contributed by atoms with Gasteiger partial charge >= 0.3 is 0 Å². The quantitative estimate of drug-likeness (QED) is 0.671. The van der Waals surface area contributed by atoms with Crippen molar-refractivity contribution in [2.24, 2.45) is 5.10 Å². The SMILES string of the molecule is CCOc1ccc(/C(C)=N\NC(=O)[C@H]2COc3ccccc3O2)cc1. The number of hydrazone groups is 1. The van der Waals surface area contributed by atoms with Gasteiger partial charge in [-0.2, -0.15) is 5.10 Å². The Morgan fingerprint density at radius 2 is 1.92 bits per heavy atom. The van der Waals surface area contributed by atoms with Crippen LogP contribution in [0.5, 0.6) is 17.2 Å². The Bertz CT molecular complexity index is 771. The molecule has 130 valence electrons.